The van der Waals surface area contributed by atoms with Crippen molar-refractivity contribution in [1.29, 1.82) is 0 Å². The molecule has 1 aliphatic carbocycles. The van der Waals surface area contributed by atoms with E-state index in [0.29, 0.717) is 0 Å². The van der Waals surface area contributed by atoms with E-state index in [9.17, 15) is 50.0 Å². The van der Waals surface area contributed by atoms with Gasteiger partial charge in [-0.3, -0.25) is 4.79 Å². The van der Waals surface area contributed by atoms with Gasteiger partial charge in [-0.25, -0.2) is 4.39 Å². The molecule has 4 aliphatic rings. The van der Waals surface area contributed by atoms with E-state index in [4.69, 9.17) is 62.8 Å². The molecule has 0 bridgehead atoms. The molecule has 4 fully saturated rings. The molecule has 21 N–H and O–H groups in total. The number of halogens is 1. The van der Waals surface area contributed by atoms with Crippen LogP contribution in [0.15, 0.2) is 0 Å². The molecule has 1 saturated carbocycles. The van der Waals surface area contributed by atoms with Crippen LogP contribution in [0.4, 0.5) is 4.39 Å². The molecule has 3 aliphatic heterocycles. The number of carbonyl (C=O) groups excluding carboxylic acids is 1. The van der Waals surface area contributed by atoms with E-state index in [1.54, 1.807) is 0 Å². The molecule has 21 atom stereocenters. The third-order valence-corrected chi connectivity index (χ3v) is 9.49. The van der Waals surface area contributed by atoms with Crippen LogP contribution in [0.3, 0.4) is 0 Å². The highest BCUT2D eigenvalue weighted by atomic mass is 19.1. The number of nitrogens with one attached hydrogen (secondary N) is 1. The predicted octanol–water partition coefficient (Wildman–Crippen LogP) is -10.1. The molecule has 23 heteroatoms. The Morgan fingerprint density at radius 1 is 0.720 bits per heavy atom. The second kappa shape index (κ2) is 17.6. The lowest BCUT2D eigenvalue weighted by Gasteiger charge is -2.48. The van der Waals surface area contributed by atoms with Gasteiger partial charge in [0, 0.05) is 25.7 Å². The summed E-state index contributed by atoms with van der Waals surface area (Å²) in [5, 5.41) is 86.5. The van der Waals surface area contributed by atoms with E-state index >= 15 is 0 Å². The molecular weight excluding hydrogens is 681 g/mol. The van der Waals surface area contributed by atoms with E-state index in [2.05, 4.69) is 5.32 Å². The van der Waals surface area contributed by atoms with Crippen LogP contribution in [-0.2, 0) is 33.2 Å². The fourth-order valence-corrected chi connectivity index (χ4v) is 6.41. The lowest BCUT2D eigenvalue weighted by atomic mass is 9.83. The van der Waals surface area contributed by atoms with E-state index in [0.717, 1.165) is 0 Å². The monoisotopic (exact) mass is 733 g/mol. The van der Waals surface area contributed by atoms with Crippen molar-refractivity contribution in [3.05, 3.63) is 0 Å². The lowest BCUT2D eigenvalue weighted by molar-refractivity contribution is -0.307. The summed E-state index contributed by atoms with van der Waals surface area (Å²) < 4.78 is 48.7. The lowest BCUT2D eigenvalue weighted by Crippen LogP contribution is -2.69. The van der Waals surface area contributed by atoms with Gasteiger partial charge in [0.1, 0.15) is 79.4 Å². The number of alkyl halides is 1. The average Bonchev–Trinajstić information content (AvgIpc) is 3.40. The van der Waals surface area contributed by atoms with E-state index in [-0.39, 0.29) is 19.5 Å². The van der Waals surface area contributed by atoms with Gasteiger partial charge in [0.25, 0.3) is 5.91 Å². The van der Waals surface area contributed by atoms with Crippen LogP contribution in [0.1, 0.15) is 6.42 Å². The zero-order chi connectivity index (χ0) is 37.2. The van der Waals surface area contributed by atoms with Crippen molar-refractivity contribution < 1.29 is 78.5 Å². The summed E-state index contributed by atoms with van der Waals surface area (Å²) >= 11 is 0. The van der Waals surface area contributed by atoms with Crippen LogP contribution >= 0.6 is 0 Å². The van der Waals surface area contributed by atoms with Gasteiger partial charge >= 0.3 is 0 Å². The number of aliphatic hydroxyl groups excluding tert-OH is 8. The Morgan fingerprint density at radius 2 is 1.20 bits per heavy atom. The summed E-state index contributed by atoms with van der Waals surface area (Å²) in [7, 11) is 0. The van der Waals surface area contributed by atoms with Crippen LogP contribution in [0.2, 0.25) is 0 Å². The molecule has 1 amide bonds. The van der Waals surface area contributed by atoms with Crippen LogP contribution in [0.5, 0.6) is 0 Å². The Kier molecular flexibility index (Phi) is 14.6. The first kappa shape index (κ1) is 41.4. The Balaban J connectivity index is 1.58. The minimum absolute atomic E-state index is 0.228. The van der Waals surface area contributed by atoms with Crippen molar-refractivity contribution in [2.75, 3.05) is 26.2 Å². The van der Waals surface area contributed by atoms with Crippen LogP contribution < -0.4 is 39.7 Å². The number of hydrogen-bond donors (Lipinski definition) is 15. The van der Waals surface area contributed by atoms with Gasteiger partial charge in [-0.2, -0.15) is 0 Å². The molecule has 3 heterocycles. The topological polar surface area (TPSA) is 402 Å². The van der Waals surface area contributed by atoms with Crippen molar-refractivity contribution >= 4 is 5.91 Å². The maximum atomic E-state index is 14.0. The zero-order valence-electron chi connectivity index (χ0n) is 26.9. The summed E-state index contributed by atoms with van der Waals surface area (Å²) in [5.41, 5.74) is 35.0. The van der Waals surface area contributed by atoms with Gasteiger partial charge in [-0.05, 0) is 6.42 Å². The smallest absolute Gasteiger partial charge is 0.252 e. The van der Waals surface area contributed by atoms with Gasteiger partial charge in [-0.1, -0.05) is 0 Å². The Hall–Kier alpha value is -1.40. The number of rotatable bonds is 13. The molecular formula is C27H52FN7O15. The number of amides is 1. The minimum Gasteiger partial charge on any atom is -0.394 e. The summed E-state index contributed by atoms with van der Waals surface area (Å²) in [5.74, 6) is -1.23. The maximum Gasteiger partial charge on any atom is 0.252 e. The molecule has 3 saturated heterocycles. The first-order valence-corrected chi connectivity index (χ1v) is 16.2. The van der Waals surface area contributed by atoms with E-state index in [1.165, 1.54) is 0 Å². The van der Waals surface area contributed by atoms with Gasteiger partial charge < -0.3 is 109 Å². The van der Waals surface area contributed by atoms with Gasteiger partial charge in [0.05, 0.1) is 24.7 Å². The molecule has 292 valence electrons. The molecule has 0 aromatic rings. The van der Waals surface area contributed by atoms with Crippen molar-refractivity contribution in [2.45, 2.75) is 135 Å². The number of ether oxygens (including phenoxy) is 6. The van der Waals surface area contributed by atoms with Crippen molar-refractivity contribution in [3.8, 4) is 0 Å². The van der Waals surface area contributed by atoms with Gasteiger partial charge in [-0.15, -0.1) is 0 Å². The first-order chi connectivity index (χ1) is 23.6. The first-order valence-electron chi connectivity index (χ1n) is 16.2. The van der Waals surface area contributed by atoms with Crippen molar-refractivity contribution in [2.24, 2.45) is 34.4 Å². The molecule has 4 rings (SSSR count). The standard InChI is InChI=1S/C27H52FN7O15/c28-6(2-29)14(37)24(44)35-8-1-7(32)21(48-25-12(33)18(41)16(39)9(3-30)45-25)23(15(8)38)50-27-20(43)22(11(5-36)47-27)49-26-13(34)19(42)17(40)10(4-31)46-26/h6-23,25-27,36-43H,1-5,29-34H2,(H,35,44)/t6-,7+,8-,9-,10+,11-,12-,13-,14+,15+,16-,17-,18-,19-,20-,21-,22-,23-,25-,26-,27+/m1/s1. The summed E-state index contributed by atoms with van der Waals surface area (Å²) in [4.78, 5) is 12.6. The summed E-state index contributed by atoms with van der Waals surface area (Å²) in [6.07, 6.45) is -26.9. The summed E-state index contributed by atoms with van der Waals surface area (Å²) in [6, 6.07) is -5.17. The molecule has 0 unspecified atom stereocenters. The van der Waals surface area contributed by atoms with E-state index in [1.807, 2.05) is 0 Å². The van der Waals surface area contributed by atoms with Crippen molar-refractivity contribution in [3.63, 3.8) is 0 Å². The van der Waals surface area contributed by atoms with Crippen molar-refractivity contribution in [1.82, 2.24) is 5.32 Å². The number of aliphatic hydroxyl groups is 8. The van der Waals surface area contributed by atoms with Crippen LogP contribution in [0.25, 0.3) is 0 Å². The summed E-state index contributed by atoms with van der Waals surface area (Å²) in [6.45, 7) is -1.91. The predicted molar refractivity (Wildman–Crippen MR) is 162 cm³/mol. The van der Waals surface area contributed by atoms with Gasteiger partial charge in [0.15, 0.2) is 25.0 Å². The number of nitrogens with two attached hydrogens (primary N) is 6. The average molecular weight is 734 g/mol. The maximum absolute atomic E-state index is 14.0. The Bertz CT molecular complexity index is 1090. The number of carbonyl (C=O) groups is 1. The zero-order valence-corrected chi connectivity index (χ0v) is 26.9. The van der Waals surface area contributed by atoms with Gasteiger partial charge in [0.2, 0.25) is 0 Å². The minimum atomic E-state index is -2.19. The normalized spacial score (nSPS) is 48.3. The third-order valence-electron chi connectivity index (χ3n) is 9.49. The highest BCUT2D eigenvalue weighted by Crippen LogP contribution is 2.34. The molecule has 22 nitrogen and oxygen atoms in total. The Morgan fingerprint density at radius 3 is 1.68 bits per heavy atom. The second-order valence-corrected chi connectivity index (χ2v) is 12.9. The SMILES string of the molecule is NC[C@@H](F)[C@H](O)C(=O)N[C@@H]1C[C@H](N)[C@@H](O[C@H]2O[C@H](CN)[C@@H](O)[C@H](O)[C@H]2N)[C@H](O[C@@H]2O[C@H](CO)[C@@H](O[C@H]3O[C@@H](CN)[C@@H](O)[C@H](O)[C@H]3N)[C@H]2O)[C@H]1O. The Labute approximate surface area is 285 Å². The third kappa shape index (κ3) is 8.53. The fraction of sp³-hybridized carbons (Fsp3) is 0.963. The highest BCUT2D eigenvalue weighted by Gasteiger charge is 2.55. The highest BCUT2D eigenvalue weighted by molar-refractivity contribution is 5.81. The molecule has 0 aromatic heterocycles. The number of hydrogen-bond acceptors (Lipinski definition) is 21. The molecule has 50 heavy (non-hydrogen) atoms. The molecule has 0 aromatic carbocycles. The van der Waals surface area contributed by atoms with Crippen LogP contribution in [-0.4, -0.2) is 202 Å². The second-order valence-electron chi connectivity index (χ2n) is 12.9. The molecule has 0 radical (unpaired) electrons. The molecule has 0 spiro atoms. The van der Waals surface area contributed by atoms with Crippen LogP contribution in [0, 0.1) is 0 Å². The fourth-order valence-electron chi connectivity index (χ4n) is 6.41. The quantitative estimate of drug-likeness (QED) is 0.0835. The van der Waals surface area contributed by atoms with E-state index < -0.39 is 148 Å². The largest absolute Gasteiger partial charge is 0.394 e.